The number of carbonyl (C=O) groups is 1. The molecule has 3 nitrogen and oxygen atoms in total. The molecule has 0 unspecified atom stereocenters. The van der Waals surface area contributed by atoms with Gasteiger partial charge in [0, 0.05) is 10.0 Å². The van der Waals surface area contributed by atoms with Crippen molar-refractivity contribution in [3.05, 3.63) is 64.1 Å². The molecule has 0 spiro atoms. The third kappa shape index (κ3) is 3.95. The van der Waals surface area contributed by atoms with Gasteiger partial charge in [0.1, 0.15) is 11.5 Å². The highest BCUT2D eigenvalue weighted by Crippen LogP contribution is 2.25. The zero-order chi connectivity index (χ0) is 15.2. The molecule has 0 atom stereocenters. The van der Waals surface area contributed by atoms with Crippen molar-refractivity contribution in [3.63, 3.8) is 0 Å². The number of rotatable bonds is 5. The van der Waals surface area contributed by atoms with Crippen LogP contribution in [0, 0.1) is 0 Å². The Bertz CT molecular complexity index is 677. The van der Waals surface area contributed by atoms with Gasteiger partial charge in [-0.05, 0) is 49.4 Å². The molecule has 0 aliphatic rings. The molecule has 0 bridgehead atoms. The van der Waals surface area contributed by atoms with Crippen LogP contribution >= 0.6 is 15.9 Å². The maximum Gasteiger partial charge on any atom is 0.189 e. The van der Waals surface area contributed by atoms with Gasteiger partial charge in [-0.2, -0.15) is 0 Å². The van der Waals surface area contributed by atoms with Crippen molar-refractivity contribution >= 4 is 27.8 Å². The van der Waals surface area contributed by atoms with Crippen LogP contribution in [0.4, 0.5) is 0 Å². The van der Waals surface area contributed by atoms with E-state index in [-0.39, 0.29) is 17.1 Å². The molecule has 0 aliphatic carbocycles. The molecule has 0 saturated heterocycles. The number of para-hydroxylation sites is 1. The minimum Gasteiger partial charge on any atom is -0.507 e. The van der Waals surface area contributed by atoms with Gasteiger partial charge in [0.15, 0.2) is 5.78 Å². The smallest absolute Gasteiger partial charge is 0.189 e. The summed E-state index contributed by atoms with van der Waals surface area (Å²) in [6.45, 7) is 2.46. The summed E-state index contributed by atoms with van der Waals surface area (Å²) in [5.41, 5.74) is 1.08. The number of phenolic OH excluding ortho intramolecular Hbond substituents is 1. The largest absolute Gasteiger partial charge is 0.507 e. The van der Waals surface area contributed by atoms with Crippen molar-refractivity contribution in [2.24, 2.45) is 0 Å². The van der Waals surface area contributed by atoms with Crippen LogP contribution in [-0.4, -0.2) is 17.5 Å². The Hall–Kier alpha value is -2.07. The molecule has 0 radical (unpaired) electrons. The number of ketones is 1. The first kappa shape index (κ1) is 15.3. The van der Waals surface area contributed by atoms with E-state index in [0.717, 1.165) is 10.0 Å². The number of ether oxygens (including phenoxy) is 1. The molecule has 108 valence electrons. The summed E-state index contributed by atoms with van der Waals surface area (Å²) in [5.74, 6) is 0.434. The Morgan fingerprint density at radius 3 is 2.76 bits per heavy atom. The molecule has 2 aromatic rings. The SMILES string of the molecule is CCOc1ccc(Br)cc1C=CC(=O)c1ccccc1O. The summed E-state index contributed by atoms with van der Waals surface area (Å²) in [6, 6.07) is 12.1. The molecule has 0 aliphatic heterocycles. The average Bonchev–Trinajstić information content (AvgIpc) is 2.48. The first-order valence-corrected chi connectivity index (χ1v) is 7.34. The maximum absolute atomic E-state index is 12.1. The summed E-state index contributed by atoms with van der Waals surface area (Å²) >= 11 is 3.40. The second-order valence-corrected chi connectivity index (χ2v) is 5.25. The van der Waals surface area contributed by atoms with Gasteiger partial charge in [0.05, 0.1) is 12.2 Å². The second-order valence-electron chi connectivity index (χ2n) is 4.33. The van der Waals surface area contributed by atoms with E-state index in [1.54, 1.807) is 24.3 Å². The van der Waals surface area contributed by atoms with Crippen molar-refractivity contribution < 1.29 is 14.6 Å². The quantitative estimate of drug-likeness (QED) is 0.642. The van der Waals surface area contributed by atoms with E-state index < -0.39 is 0 Å². The zero-order valence-corrected chi connectivity index (χ0v) is 13.1. The van der Waals surface area contributed by atoms with Gasteiger partial charge in [-0.3, -0.25) is 4.79 Å². The predicted molar refractivity (Wildman–Crippen MR) is 86.8 cm³/mol. The van der Waals surface area contributed by atoms with E-state index in [0.29, 0.717) is 12.4 Å². The summed E-state index contributed by atoms with van der Waals surface area (Å²) < 4.78 is 6.42. The summed E-state index contributed by atoms with van der Waals surface area (Å²) in [5, 5.41) is 9.67. The Kier molecular flexibility index (Phi) is 5.17. The minimum absolute atomic E-state index is 0.0218. The average molecular weight is 347 g/mol. The third-order valence-electron chi connectivity index (χ3n) is 2.86. The normalized spacial score (nSPS) is 10.8. The lowest BCUT2D eigenvalue weighted by Crippen LogP contribution is -1.96. The molecule has 0 heterocycles. The summed E-state index contributed by atoms with van der Waals surface area (Å²) in [4.78, 5) is 12.1. The van der Waals surface area contributed by atoms with Crippen LogP contribution in [0.2, 0.25) is 0 Å². The predicted octanol–water partition coefficient (Wildman–Crippen LogP) is 4.45. The van der Waals surface area contributed by atoms with Gasteiger partial charge in [-0.15, -0.1) is 0 Å². The number of hydrogen-bond acceptors (Lipinski definition) is 3. The zero-order valence-electron chi connectivity index (χ0n) is 11.5. The Labute approximate surface area is 132 Å². The van der Waals surface area contributed by atoms with Crippen molar-refractivity contribution in [2.75, 3.05) is 6.61 Å². The summed E-state index contributed by atoms with van der Waals surface area (Å²) in [7, 11) is 0. The molecular weight excluding hydrogens is 332 g/mol. The highest BCUT2D eigenvalue weighted by molar-refractivity contribution is 9.10. The molecule has 2 rings (SSSR count). The topological polar surface area (TPSA) is 46.5 Å². The molecule has 21 heavy (non-hydrogen) atoms. The molecule has 4 heteroatoms. The number of hydrogen-bond donors (Lipinski definition) is 1. The summed E-state index contributed by atoms with van der Waals surface area (Å²) in [6.07, 6.45) is 3.11. The number of phenols is 1. The van der Waals surface area contributed by atoms with Gasteiger partial charge < -0.3 is 9.84 Å². The fourth-order valence-corrected chi connectivity index (χ4v) is 2.25. The van der Waals surface area contributed by atoms with Gasteiger partial charge >= 0.3 is 0 Å². The van der Waals surface area contributed by atoms with Crippen molar-refractivity contribution in [1.82, 2.24) is 0 Å². The number of allylic oxidation sites excluding steroid dienone is 1. The minimum atomic E-state index is -0.254. The highest BCUT2D eigenvalue weighted by atomic mass is 79.9. The Morgan fingerprint density at radius 1 is 1.29 bits per heavy atom. The molecule has 0 fully saturated rings. The van der Waals surface area contributed by atoms with Crippen LogP contribution in [0.15, 0.2) is 53.0 Å². The standard InChI is InChI=1S/C17H15BrO3/c1-2-21-17-10-8-13(18)11-12(17)7-9-16(20)14-5-3-4-6-15(14)19/h3-11,19H,2H2,1H3. The van der Waals surface area contributed by atoms with Crippen molar-refractivity contribution in [3.8, 4) is 11.5 Å². The first-order chi connectivity index (χ1) is 10.1. The van der Waals surface area contributed by atoms with E-state index in [4.69, 9.17) is 4.74 Å². The van der Waals surface area contributed by atoms with Crippen LogP contribution in [0.5, 0.6) is 11.5 Å². The first-order valence-electron chi connectivity index (χ1n) is 6.54. The second kappa shape index (κ2) is 7.09. The van der Waals surface area contributed by atoms with Crippen LogP contribution in [0.1, 0.15) is 22.8 Å². The maximum atomic E-state index is 12.1. The Morgan fingerprint density at radius 2 is 2.05 bits per heavy atom. The number of benzene rings is 2. The van der Waals surface area contributed by atoms with Crippen molar-refractivity contribution in [1.29, 1.82) is 0 Å². The highest BCUT2D eigenvalue weighted by Gasteiger charge is 2.07. The lowest BCUT2D eigenvalue weighted by Gasteiger charge is -2.07. The molecule has 0 saturated carbocycles. The van der Waals surface area contributed by atoms with Crippen LogP contribution in [0.25, 0.3) is 6.08 Å². The number of halogens is 1. The van der Waals surface area contributed by atoms with Crippen LogP contribution in [0.3, 0.4) is 0 Å². The molecule has 0 aromatic heterocycles. The molecule has 0 amide bonds. The lowest BCUT2D eigenvalue weighted by atomic mass is 10.1. The van der Waals surface area contributed by atoms with E-state index in [1.807, 2.05) is 25.1 Å². The number of aromatic hydroxyl groups is 1. The van der Waals surface area contributed by atoms with Gasteiger partial charge in [-0.1, -0.05) is 28.1 Å². The fourth-order valence-electron chi connectivity index (χ4n) is 1.87. The van der Waals surface area contributed by atoms with E-state index in [1.165, 1.54) is 12.1 Å². The van der Waals surface area contributed by atoms with Crippen molar-refractivity contribution in [2.45, 2.75) is 6.92 Å². The van der Waals surface area contributed by atoms with E-state index in [9.17, 15) is 9.90 Å². The Balaban J connectivity index is 2.27. The molecular formula is C17H15BrO3. The lowest BCUT2D eigenvalue weighted by molar-refractivity contribution is 0.104. The van der Waals surface area contributed by atoms with Crippen LogP contribution in [-0.2, 0) is 0 Å². The van der Waals surface area contributed by atoms with Gasteiger partial charge in [0.2, 0.25) is 0 Å². The van der Waals surface area contributed by atoms with Gasteiger partial charge in [0.25, 0.3) is 0 Å². The fraction of sp³-hybridized carbons (Fsp3) is 0.118. The molecule has 2 aromatic carbocycles. The monoisotopic (exact) mass is 346 g/mol. The third-order valence-corrected chi connectivity index (χ3v) is 3.35. The van der Waals surface area contributed by atoms with E-state index >= 15 is 0 Å². The number of carbonyl (C=O) groups excluding carboxylic acids is 1. The molecule has 1 N–H and O–H groups in total. The van der Waals surface area contributed by atoms with Gasteiger partial charge in [-0.25, -0.2) is 0 Å². The van der Waals surface area contributed by atoms with E-state index in [2.05, 4.69) is 15.9 Å². The van der Waals surface area contributed by atoms with Crippen LogP contribution < -0.4 is 4.74 Å².